The van der Waals surface area contributed by atoms with Gasteiger partial charge in [-0.15, -0.1) is 0 Å². The largest absolute Gasteiger partial charge is 0.454 e. The Hall–Kier alpha value is -1.75. The fourth-order valence-corrected chi connectivity index (χ4v) is 2.12. The van der Waals surface area contributed by atoms with Gasteiger partial charge in [0.05, 0.1) is 0 Å². The maximum atomic E-state index is 11.8. The monoisotopic (exact) mass is 234 g/mol. The summed E-state index contributed by atoms with van der Waals surface area (Å²) in [5.74, 6) is 1.44. The molecule has 2 N–H and O–H groups in total. The van der Waals surface area contributed by atoms with E-state index in [2.05, 4.69) is 10.6 Å². The Morgan fingerprint density at radius 1 is 1.29 bits per heavy atom. The predicted octanol–water partition coefficient (Wildman–Crippen LogP) is 0.564. The van der Waals surface area contributed by atoms with Gasteiger partial charge in [-0.3, -0.25) is 10.1 Å². The van der Waals surface area contributed by atoms with Gasteiger partial charge in [0, 0.05) is 12.6 Å². The summed E-state index contributed by atoms with van der Waals surface area (Å²) in [4.78, 5) is 11.8. The lowest BCUT2D eigenvalue weighted by molar-refractivity contribution is -0.125. The summed E-state index contributed by atoms with van der Waals surface area (Å²) in [5.41, 5.74) is 0.901. The topological polar surface area (TPSA) is 59.6 Å². The number of nitrogens with one attached hydrogen (secondary N) is 2. The molecular formula is C12H14N2O3. The summed E-state index contributed by atoms with van der Waals surface area (Å²) in [6.45, 7) is 2.96. The van der Waals surface area contributed by atoms with Crippen LogP contribution in [0.5, 0.6) is 11.5 Å². The summed E-state index contributed by atoms with van der Waals surface area (Å²) in [6, 6.07) is 5.54. The van der Waals surface area contributed by atoms with E-state index < -0.39 is 0 Å². The average Bonchev–Trinajstić information content (AvgIpc) is 2.79. The molecule has 90 valence electrons. The number of hydrogen-bond acceptors (Lipinski definition) is 4. The van der Waals surface area contributed by atoms with Gasteiger partial charge in [0.15, 0.2) is 11.5 Å². The zero-order chi connectivity index (χ0) is 11.8. The Bertz CT molecular complexity index is 461. The molecule has 5 heteroatoms. The third kappa shape index (κ3) is 1.82. The van der Waals surface area contributed by atoms with Crippen molar-refractivity contribution in [2.75, 3.05) is 13.3 Å². The standard InChI is InChI=1S/C12H14N2O3/c1-7-5-13-12(15)11(14-7)8-2-3-9-10(4-8)17-6-16-9/h2-4,7,11,14H,5-6H2,1H3,(H,13,15). The van der Waals surface area contributed by atoms with E-state index in [1.165, 1.54) is 0 Å². The first-order valence-corrected chi connectivity index (χ1v) is 5.67. The summed E-state index contributed by atoms with van der Waals surface area (Å²) in [7, 11) is 0. The molecule has 2 unspecified atom stereocenters. The van der Waals surface area contributed by atoms with Crippen LogP contribution in [0.3, 0.4) is 0 Å². The van der Waals surface area contributed by atoms with Gasteiger partial charge in [-0.1, -0.05) is 6.07 Å². The summed E-state index contributed by atoms with van der Waals surface area (Å²) in [5, 5.41) is 6.14. The molecule has 1 amide bonds. The molecule has 17 heavy (non-hydrogen) atoms. The molecule has 2 heterocycles. The highest BCUT2D eigenvalue weighted by Gasteiger charge is 2.28. The molecule has 1 aromatic carbocycles. The molecule has 3 rings (SSSR count). The molecule has 0 radical (unpaired) electrons. The van der Waals surface area contributed by atoms with Crippen molar-refractivity contribution in [2.24, 2.45) is 0 Å². The number of carbonyl (C=O) groups excluding carboxylic acids is 1. The Kier molecular flexibility index (Phi) is 2.40. The van der Waals surface area contributed by atoms with Crippen molar-refractivity contribution in [2.45, 2.75) is 19.0 Å². The van der Waals surface area contributed by atoms with E-state index in [0.29, 0.717) is 12.3 Å². The maximum absolute atomic E-state index is 11.8. The van der Waals surface area contributed by atoms with Crippen molar-refractivity contribution >= 4 is 5.91 Å². The lowest BCUT2D eigenvalue weighted by atomic mass is 10.0. The quantitative estimate of drug-likeness (QED) is 0.745. The van der Waals surface area contributed by atoms with E-state index in [1.807, 2.05) is 25.1 Å². The second-order valence-corrected chi connectivity index (χ2v) is 4.36. The van der Waals surface area contributed by atoms with Gasteiger partial charge in [0.2, 0.25) is 12.7 Å². The van der Waals surface area contributed by atoms with Crippen LogP contribution in [0.2, 0.25) is 0 Å². The molecule has 0 saturated carbocycles. The highest BCUT2D eigenvalue weighted by Crippen LogP contribution is 2.34. The van der Waals surface area contributed by atoms with Crippen LogP contribution in [0.15, 0.2) is 18.2 Å². The van der Waals surface area contributed by atoms with E-state index in [0.717, 1.165) is 11.3 Å². The molecule has 5 nitrogen and oxygen atoms in total. The van der Waals surface area contributed by atoms with E-state index in [-0.39, 0.29) is 24.8 Å². The third-order valence-corrected chi connectivity index (χ3v) is 3.03. The van der Waals surface area contributed by atoms with Crippen molar-refractivity contribution in [1.82, 2.24) is 10.6 Å². The minimum absolute atomic E-state index is 0.00182. The maximum Gasteiger partial charge on any atom is 0.241 e. The molecule has 1 aromatic rings. The normalized spacial score (nSPS) is 26.8. The Labute approximate surface area is 99.1 Å². The van der Waals surface area contributed by atoms with Gasteiger partial charge in [0.1, 0.15) is 6.04 Å². The van der Waals surface area contributed by atoms with Crippen LogP contribution in [0.1, 0.15) is 18.5 Å². The van der Waals surface area contributed by atoms with Crippen LogP contribution in [0, 0.1) is 0 Å². The summed E-state index contributed by atoms with van der Waals surface area (Å²) >= 11 is 0. The number of carbonyl (C=O) groups is 1. The Morgan fingerprint density at radius 2 is 2.12 bits per heavy atom. The number of piperazine rings is 1. The first-order valence-electron chi connectivity index (χ1n) is 5.67. The fourth-order valence-electron chi connectivity index (χ4n) is 2.12. The van der Waals surface area contributed by atoms with Gasteiger partial charge in [-0.25, -0.2) is 0 Å². The lowest BCUT2D eigenvalue weighted by Crippen LogP contribution is -2.52. The molecule has 2 aliphatic heterocycles. The van der Waals surface area contributed by atoms with Gasteiger partial charge < -0.3 is 14.8 Å². The van der Waals surface area contributed by atoms with Crippen molar-refractivity contribution < 1.29 is 14.3 Å². The van der Waals surface area contributed by atoms with E-state index in [4.69, 9.17) is 9.47 Å². The van der Waals surface area contributed by atoms with E-state index in [9.17, 15) is 4.79 Å². The molecule has 2 atom stereocenters. The smallest absolute Gasteiger partial charge is 0.241 e. The summed E-state index contributed by atoms with van der Waals surface area (Å²) < 4.78 is 10.6. The minimum Gasteiger partial charge on any atom is -0.454 e. The lowest BCUT2D eigenvalue weighted by Gasteiger charge is -2.28. The third-order valence-electron chi connectivity index (χ3n) is 3.03. The first kappa shape index (κ1) is 10.4. The Morgan fingerprint density at radius 3 is 3.00 bits per heavy atom. The fraction of sp³-hybridized carbons (Fsp3) is 0.417. The van der Waals surface area contributed by atoms with Gasteiger partial charge in [0.25, 0.3) is 0 Å². The molecule has 2 aliphatic rings. The van der Waals surface area contributed by atoms with Crippen LogP contribution < -0.4 is 20.1 Å². The van der Waals surface area contributed by atoms with Gasteiger partial charge in [-0.05, 0) is 24.6 Å². The molecule has 1 saturated heterocycles. The second-order valence-electron chi connectivity index (χ2n) is 4.36. The molecule has 1 fully saturated rings. The van der Waals surface area contributed by atoms with E-state index in [1.54, 1.807) is 0 Å². The van der Waals surface area contributed by atoms with Crippen LogP contribution in [0.25, 0.3) is 0 Å². The van der Waals surface area contributed by atoms with E-state index >= 15 is 0 Å². The first-order chi connectivity index (χ1) is 8.24. The molecule has 0 aromatic heterocycles. The van der Waals surface area contributed by atoms with Gasteiger partial charge in [-0.2, -0.15) is 0 Å². The highest BCUT2D eigenvalue weighted by atomic mass is 16.7. The zero-order valence-corrected chi connectivity index (χ0v) is 9.53. The minimum atomic E-state index is -0.312. The van der Waals surface area contributed by atoms with Crippen LogP contribution in [-0.2, 0) is 4.79 Å². The van der Waals surface area contributed by atoms with Crippen LogP contribution in [-0.4, -0.2) is 25.3 Å². The number of amides is 1. The van der Waals surface area contributed by atoms with Crippen molar-refractivity contribution in [3.05, 3.63) is 23.8 Å². The number of hydrogen-bond donors (Lipinski definition) is 2. The van der Waals surface area contributed by atoms with Crippen molar-refractivity contribution in [3.8, 4) is 11.5 Å². The average molecular weight is 234 g/mol. The molecule has 0 bridgehead atoms. The predicted molar refractivity (Wildman–Crippen MR) is 60.9 cm³/mol. The SMILES string of the molecule is CC1CNC(=O)C(c2ccc3c(c2)OCO3)N1. The number of rotatable bonds is 1. The molecular weight excluding hydrogens is 220 g/mol. The number of fused-ring (bicyclic) bond motifs is 1. The highest BCUT2D eigenvalue weighted by molar-refractivity contribution is 5.84. The van der Waals surface area contributed by atoms with Crippen LogP contribution >= 0.6 is 0 Å². The van der Waals surface area contributed by atoms with Crippen molar-refractivity contribution in [3.63, 3.8) is 0 Å². The van der Waals surface area contributed by atoms with Crippen molar-refractivity contribution in [1.29, 1.82) is 0 Å². The Balaban J connectivity index is 1.90. The second kappa shape index (κ2) is 3.92. The number of benzene rings is 1. The van der Waals surface area contributed by atoms with Crippen LogP contribution in [0.4, 0.5) is 0 Å². The molecule has 0 aliphatic carbocycles. The zero-order valence-electron chi connectivity index (χ0n) is 9.53. The molecule has 0 spiro atoms. The number of ether oxygens (including phenoxy) is 2. The van der Waals surface area contributed by atoms with Gasteiger partial charge >= 0.3 is 0 Å². The summed E-state index contributed by atoms with van der Waals surface area (Å²) in [6.07, 6.45) is 0.